The van der Waals surface area contributed by atoms with Crippen LogP contribution in [0.3, 0.4) is 0 Å². The van der Waals surface area contributed by atoms with Gasteiger partial charge in [-0.3, -0.25) is 0 Å². The zero-order chi connectivity index (χ0) is 10.8. The van der Waals surface area contributed by atoms with Gasteiger partial charge in [-0.05, 0) is 50.9 Å². The van der Waals surface area contributed by atoms with Gasteiger partial charge in [0.25, 0.3) is 0 Å². The molecule has 2 aliphatic rings. The van der Waals surface area contributed by atoms with Crippen LogP contribution in [0.15, 0.2) is 16.5 Å². The molecule has 0 unspecified atom stereocenters. The lowest BCUT2D eigenvalue weighted by Gasteiger charge is -2.20. The van der Waals surface area contributed by atoms with Gasteiger partial charge in [0.15, 0.2) is 0 Å². The predicted octanol–water partition coefficient (Wildman–Crippen LogP) is 3.40. The molecule has 1 aliphatic carbocycles. The molecule has 0 radical (unpaired) electrons. The lowest BCUT2D eigenvalue weighted by molar-refractivity contribution is 0.360. The molecule has 2 nitrogen and oxygen atoms in total. The summed E-state index contributed by atoms with van der Waals surface area (Å²) in [5.41, 5.74) is 0. The Hall–Kier alpha value is -0.760. The minimum atomic E-state index is 0.663. The summed E-state index contributed by atoms with van der Waals surface area (Å²) in [6.07, 6.45) is 7.90. The number of hydrogen-bond acceptors (Lipinski definition) is 2. The van der Waals surface area contributed by atoms with Crippen LogP contribution in [0.4, 0.5) is 0 Å². The third-order valence-electron chi connectivity index (χ3n) is 4.15. The highest BCUT2D eigenvalue weighted by Crippen LogP contribution is 2.37. The molecule has 0 spiro atoms. The van der Waals surface area contributed by atoms with Crippen molar-refractivity contribution in [2.75, 3.05) is 13.1 Å². The lowest BCUT2D eigenvalue weighted by Crippen LogP contribution is -2.26. The number of hydrogen-bond donors (Lipinski definition) is 1. The largest absolute Gasteiger partial charge is 0.466 e. The van der Waals surface area contributed by atoms with Crippen LogP contribution in [0, 0.1) is 0 Å². The summed E-state index contributed by atoms with van der Waals surface area (Å²) >= 11 is 0. The topological polar surface area (TPSA) is 25.2 Å². The number of furan rings is 1. The molecule has 0 bridgehead atoms. The first kappa shape index (κ1) is 10.4. The molecule has 0 atom stereocenters. The van der Waals surface area contributed by atoms with Crippen LogP contribution in [0.1, 0.15) is 61.9 Å². The van der Waals surface area contributed by atoms with Gasteiger partial charge in [0, 0.05) is 11.8 Å². The Labute approximate surface area is 97.4 Å². The molecule has 1 N–H and O–H groups in total. The summed E-state index contributed by atoms with van der Waals surface area (Å²) < 4.78 is 6.08. The van der Waals surface area contributed by atoms with E-state index in [-0.39, 0.29) is 0 Å². The Balaban J connectivity index is 1.71. The molecule has 3 rings (SSSR count). The van der Waals surface area contributed by atoms with Gasteiger partial charge >= 0.3 is 0 Å². The van der Waals surface area contributed by atoms with Gasteiger partial charge in [0.2, 0.25) is 0 Å². The SMILES string of the molecule is c1cc(C2CCNCC2)oc1C1CCCC1. The van der Waals surface area contributed by atoms with Crippen molar-refractivity contribution in [1.29, 1.82) is 0 Å². The molecule has 1 saturated carbocycles. The van der Waals surface area contributed by atoms with E-state index in [0.717, 1.165) is 19.0 Å². The summed E-state index contributed by atoms with van der Waals surface area (Å²) in [7, 11) is 0. The first-order valence-corrected chi connectivity index (χ1v) is 6.74. The molecule has 2 heteroatoms. The quantitative estimate of drug-likeness (QED) is 0.824. The maximum Gasteiger partial charge on any atom is 0.107 e. The second-order valence-electron chi connectivity index (χ2n) is 5.25. The van der Waals surface area contributed by atoms with E-state index in [9.17, 15) is 0 Å². The second kappa shape index (κ2) is 4.62. The van der Waals surface area contributed by atoms with E-state index in [1.54, 1.807) is 0 Å². The average Bonchev–Trinajstić information content (AvgIpc) is 3.01. The summed E-state index contributed by atoms with van der Waals surface area (Å²) in [5.74, 6) is 3.88. The van der Waals surface area contributed by atoms with E-state index in [2.05, 4.69) is 17.4 Å². The lowest BCUT2D eigenvalue weighted by atomic mass is 9.96. The van der Waals surface area contributed by atoms with Crippen LogP contribution in [0.25, 0.3) is 0 Å². The van der Waals surface area contributed by atoms with Crippen molar-refractivity contribution < 1.29 is 4.42 Å². The molecular weight excluding hydrogens is 198 g/mol. The third kappa shape index (κ3) is 2.03. The van der Waals surface area contributed by atoms with Crippen LogP contribution < -0.4 is 5.32 Å². The normalized spacial score (nSPS) is 24.0. The Bertz CT molecular complexity index is 332. The molecule has 2 fully saturated rings. The standard InChI is InChI=1S/C14H21NO/c1-2-4-11(3-1)13-5-6-14(16-13)12-7-9-15-10-8-12/h5-6,11-12,15H,1-4,7-10H2. The zero-order valence-electron chi connectivity index (χ0n) is 9.87. The van der Waals surface area contributed by atoms with Gasteiger partial charge in [-0.25, -0.2) is 0 Å². The summed E-state index contributed by atoms with van der Waals surface area (Å²) in [4.78, 5) is 0. The Morgan fingerprint density at radius 2 is 1.44 bits per heavy atom. The molecule has 88 valence electrons. The van der Waals surface area contributed by atoms with Crippen LogP contribution in [0.5, 0.6) is 0 Å². The molecular formula is C14H21NO. The predicted molar refractivity (Wildman–Crippen MR) is 64.8 cm³/mol. The van der Waals surface area contributed by atoms with Gasteiger partial charge in [-0.15, -0.1) is 0 Å². The molecule has 1 aromatic rings. The summed E-state index contributed by atoms with van der Waals surface area (Å²) in [6, 6.07) is 4.46. The molecule has 1 aliphatic heterocycles. The first-order valence-electron chi connectivity index (χ1n) is 6.74. The smallest absolute Gasteiger partial charge is 0.107 e. The Morgan fingerprint density at radius 1 is 0.875 bits per heavy atom. The van der Waals surface area contributed by atoms with Crippen molar-refractivity contribution in [2.24, 2.45) is 0 Å². The minimum absolute atomic E-state index is 0.663. The van der Waals surface area contributed by atoms with E-state index < -0.39 is 0 Å². The van der Waals surface area contributed by atoms with Gasteiger partial charge in [0.05, 0.1) is 0 Å². The van der Waals surface area contributed by atoms with Gasteiger partial charge in [-0.2, -0.15) is 0 Å². The van der Waals surface area contributed by atoms with E-state index >= 15 is 0 Å². The number of piperidine rings is 1. The van der Waals surface area contributed by atoms with E-state index in [4.69, 9.17) is 4.42 Å². The fourth-order valence-corrected chi connectivity index (χ4v) is 3.12. The van der Waals surface area contributed by atoms with Crippen molar-refractivity contribution in [3.05, 3.63) is 23.7 Å². The van der Waals surface area contributed by atoms with E-state index in [1.807, 2.05) is 0 Å². The molecule has 0 aromatic carbocycles. The fourth-order valence-electron chi connectivity index (χ4n) is 3.12. The highest BCUT2D eigenvalue weighted by Gasteiger charge is 2.23. The maximum absolute atomic E-state index is 6.08. The van der Waals surface area contributed by atoms with Gasteiger partial charge in [0.1, 0.15) is 11.5 Å². The summed E-state index contributed by atoms with van der Waals surface area (Å²) in [5, 5.41) is 3.40. The molecule has 2 heterocycles. The van der Waals surface area contributed by atoms with E-state index in [1.165, 1.54) is 50.0 Å². The van der Waals surface area contributed by atoms with Crippen LogP contribution >= 0.6 is 0 Å². The third-order valence-corrected chi connectivity index (χ3v) is 4.15. The van der Waals surface area contributed by atoms with Crippen molar-refractivity contribution in [2.45, 2.75) is 50.4 Å². The van der Waals surface area contributed by atoms with Gasteiger partial charge < -0.3 is 9.73 Å². The van der Waals surface area contributed by atoms with Crippen LogP contribution in [-0.4, -0.2) is 13.1 Å². The highest BCUT2D eigenvalue weighted by atomic mass is 16.3. The molecule has 1 aromatic heterocycles. The minimum Gasteiger partial charge on any atom is -0.466 e. The monoisotopic (exact) mass is 219 g/mol. The number of nitrogens with one attached hydrogen (secondary N) is 1. The summed E-state index contributed by atoms with van der Waals surface area (Å²) in [6.45, 7) is 2.29. The molecule has 16 heavy (non-hydrogen) atoms. The Morgan fingerprint density at radius 3 is 2.06 bits per heavy atom. The van der Waals surface area contributed by atoms with Crippen molar-refractivity contribution >= 4 is 0 Å². The van der Waals surface area contributed by atoms with Crippen molar-refractivity contribution in [1.82, 2.24) is 5.32 Å². The Kier molecular flexibility index (Phi) is 3.00. The van der Waals surface area contributed by atoms with E-state index in [0.29, 0.717) is 5.92 Å². The van der Waals surface area contributed by atoms with Crippen molar-refractivity contribution in [3.8, 4) is 0 Å². The van der Waals surface area contributed by atoms with Crippen molar-refractivity contribution in [3.63, 3.8) is 0 Å². The van der Waals surface area contributed by atoms with Crippen LogP contribution in [-0.2, 0) is 0 Å². The first-order chi connectivity index (χ1) is 7.93. The van der Waals surface area contributed by atoms with Gasteiger partial charge in [-0.1, -0.05) is 12.8 Å². The van der Waals surface area contributed by atoms with Crippen LogP contribution in [0.2, 0.25) is 0 Å². The highest BCUT2D eigenvalue weighted by molar-refractivity contribution is 5.15. The fraction of sp³-hybridized carbons (Fsp3) is 0.714. The molecule has 0 amide bonds. The maximum atomic E-state index is 6.08. The molecule has 1 saturated heterocycles. The number of rotatable bonds is 2. The second-order valence-corrected chi connectivity index (χ2v) is 5.25. The zero-order valence-corrected chi connectivity index (χ0v) is 9.87. The average molecular weight is 219 g/mol.